The maximum absolute atomic E-state index is 13.7. The zero-order chi connectivity index (χ0) is 14.2. The molecule has 5 heteroatoms. The number of benzene rings is 2. The maximum Gasteiger partial charge on any atom is 0.161 e. The van der Waals surface area contributed by atoms with E-state index in [4.69, 9.17) is 0 Å². The van der Waals surface area contributed by atoms with Crippen LogP contribution < -0.4 is 0 Å². The second-order valence-electron chi connectivity index (χ2n) is 4.18. The summed E-state index contributed by atoms with van der Waals surface area (Å²) < 4.78 is 40.6. The summed E-state index contributed by atoms with van der Waals surface area (Å²) in [6.45, 7) is 1.93. The lowest BCUT2D eigenvalue weighted by atomic mass is 10.0. The number of alkyl halides is 1. The van der Waals surface area contributed by atoms with Crippen LogP contribution in [0, 0.1) is 24.4 Å². The first-order valence-electron chi connectivity index (χ1n) is 5.44. The Hall–Kier alpha value is -0.810. The summed E-state index contributed by atoms with van der Waals surface area (Å²) in [5.41, 5.74) is 1.85. The summed E-state index contributed by atoms with van der Waals surface area (Å²) in [6.07, 6.45) is 0. The summed E-state index contributed by atoms with van der Waals surface area (Å²) in [5, 5.41) is 0. The zero-order valence-corrected chi connectivity index (χ0v) is 13.0. The molecule has 100 valence electrons. The largest absolute Gasteiger partial charge is 0.207 e. The fraction of sp³-hybridized carbons (Fsp3) is 0.143. The summed E-state index contributed by atoms with van der Waals surface area (Å²) in [5.74, 6) is -3.04. The zero-order valence-electron chi connectivity index (χ0n) is 9.85. The van der Waals surface area contributed by atoms with E-state index >= 15 is 0 Å². The second-order valence-corrected chi connectivity index (χ2v) is 5.95. The Morgan fingerprint density at radius 2 is 1.53 bits per heavy atom. The Morgan fingerprint density at radius 1 is 0.895 bits per heavy atom. The van der Waals surface area contributed by atoms with Crippen LogP contribution in [0.4, 0.5) is 13.2 Å². The van der Waals surface area contributed by atoms with Gasteiger partial charge in [0.2, 0.25) is 0 Å². The van der Waals surface area contributed by atoms with Crippen molar-refractivity contribution in [3.8, 4) is 0 Å². The first kappa shape index (κ1) is 14.6. The predicted octanol–water partition coefficient (Wildman–Crippen LogP) is 5.66. The minimum Gasteiger partial charge on any atom is -0.207 e. The highest BCUT2D eigenvalue weighted by Crippen LogP contribution is 2.37. The van der Waals surface area contributed by atoms with Gasteiger partial charge < -0.3 is 0 Å². The molecule has 2 aromatic carbocycles. The van der Waals surface area contributed by atoms with Crippen LogP contribution in [-0.2, 0) is 0 Å². The van der Waals surface area contributed by atoms with Gasteiger partial charge in [-0.15, -0.1) is 0 Å². The van der Waals surface area contributed by atoms with Gasteiger partial charge in [0.05, 0.1) is 4.83 Å². The molecule has 0 saturated heterocycles. The van der Waals surface area contributed by atoms with Crippen LogP contribution in [0.1, 0.15) is 21.5 Å². The monoisotopic (exact) mass is 392 g/mol. The fourth-order valence-corrected chi connectivity index (χ4v) is 3.52. The van der Waals surface area contributed by atoms with Gasteiger partial charge >= 0.3 is 0 Å². The van der Waals surface area contributed by atoms with E-state index < -0.39 is 22.3 Å². The lowest BCUT2D eigenvalue weighted by Crippen LogP contribution is -2.00. The van der Waals surface area contributed by atoms with Crippen molar-refractivity contribution in [3.05, 3.63) is 68.9 Å². The molecule has 2 aromatic rings. The molecule has 0 heterocycles. The Bertz CT molecular complexity index is 626. The van der Waals surface area contributed by atoms with Crippen LogP contribution >= 0.6 is 31.9 Å². The van der Waals surface area contributed by atoms with Crippen LogP contribution in [0.15, 0.2) is 34.8 Å². The van der Waals surface area contributed by atoms with Crippen molar-refractivity contribution in [1.82, 2.24) is 0 Å². The van der Waals surface area contributed by atoms with E-state index in [9.17, 15) is 13.2 Å². The molecule has 0 fully saturated rings. The molecule has 2 rings (SSSR count). The highest BCUT2D eigenvalue weighted by atomic mass is 79.9. The molecule has 0 bridgehead atoms. The molecule has 0 aliphatic heterocycles. The van der Waals surface area contributed by atoms with Crippen LogP contribution in [0.25, 0.3) is 0 Å². The van der Waals surface area contributed by atoms with Gasteiger partial charge in [0, 0.05) is 16.1 Å². The summed E-state index contributed by atoms with van der Waals surface area (Å²) in [7, 11) is 0. The first-order chi connectivity index (χ1) is 8.90. The van der Waals surface area contributed by atoms with E-state index in [2.05, 4.69) is 31.9 Å². The Morgan fingerprint density at radius 3 is 2.16 bits per heavy atom. The Kier molecular flexibility index (Phi) is 4.36. The topological polar surface area (TPSA) is 0 Å². The van der Waals surface area contributed by atoms with Gasteiger partial charge in [0.25, 0.3) is 0 Å². The average Bonchev–Trinajstić information content (AvgIpc) is 2.33. The van der Waals surface area contributed by atoms with Crippen molar-refractivity contribution >= 4 is 31.9 Å². The van der Waals surface area contributed by atoms with E-state index in [-0.39, 0.29) is 5.56 Å². The van der Waals surface area contributed by atoms with E-state index in [1.165, 1.54) is 0 Å². The van der Waals surface area contributed by atoms with Crippen LogP contribution in [0.3, 0.4) is 0 Å². The van der Waals surface area contributed by atoms with Crippen molar-refractivity contribution < 1.29 is 13.2 Å². The van der Waals surface area contributed by atoms with E-state index in [1.54, 1.807) is 6.07 Å². The van der Waals surface area contributed by atoms with Crippen molar-refractivity contribution in [2.75, 3.05) is 0 Å². The van der Waals surface area contributed by atoms with Crippen molar-refractivity contribution in [2.24, 2.45) is 0 Å². The lowest BCUT2D eigenvalue weighted by molar-refractivity contribution is 0.491. The van der Waals surface area contributed by atoms with E-state index in [1.807, 2.05) is 19.1 Å². The molecule has 0 aliphatic rings. The molecule has 0 aliphatic carbocycles. The number of halogens is 5. The molecular weight excluding hydrogens is 385 g/mol. The standard InChI is InChI=1S/C14H9Br2F3/c1-7-2-3-8(10(15)4-7)14(16)9-5-12(18)13(19)6-11(9)17/h2-6,14H,1H3. The molecule has 1 unspecified atom stereocenters. The fourth-order valence-electron chi connectivity index (χ4n) is 1.74. The molecule has 0 nitrogen and oxygen atoms in total. The molecule has 1 atom stereocenters. The third kappa shape index (κ3) is 3.03. The lowest BCUT2D eigenvalue weighted by Gasteiger charge is -2.14. The molecule has 19 heavy (non-hydrogen) atoms. The molecule has 0 saturated carbocycles. The van der Waals surface area contributed by atoms with Gasteiger partial charge in [-0.25, -0.2) is 13.2 Å². The second kappa shape index (κ2) is 5.67. The van der Waals surface area contributed by atoms with Gasteiger partial charge in [-0.2, -0.15) is 0 Å². The minimum atomic E-state index is -1.19. The number of hydrogen-bond donors (Lipinski definition) is 0. The molecule has 0 amide bonds. The minimum absolute atomic E-state index is 0.0588. The Labute approximate surface area is 125 Å². The van der Waals surface area contributed by atoms with Gasteiger partial charge in [0.15, 0.2) is 11.6 Å². The molecular formula is C14H9Br2F3. The molecule has 0 N–H and O–H groups in total. The summed E-state index contributed by atoms with van der Waals surface area (Å²) in [6, 6.07) is 6.98. The van der Waals surface area contributed by atoms with Crippen molar-refractivity contribution in [2.45, 2.75) is 11.8 Å². The predicted molar refractivity (Wildman–Crippen MR) is 76.0 cm³/mol. The first-order valence-corrected chi connectivity index (χ1v) is 7.15. The van der Waals surface area contributed by atoms with Crippen LogP contribution in [0.2, 0.25) is 0 Å². The third-order valence-corrected chi connectivity index (χ3v) is 4.41. The highest BCUT2D eigenvalue weighted by Gasteiger charge is 2.20. The quantitative estimate of drug-likeness (QED) is 0.456. The van der Waals surface area contributed by atoms with Gasteiger partial charge in [-0.05, 0) is 30.2 Å². The van der Waals surface area contributed by atoms with Crippen molar-refractivity contribution in [1.29, 1.82) is 0 Å². The third-order valence-electron chi connectivity index (χ3n) is 2.74. The Balaban J connectivity index is 2.49. The SMILES string of the molecule is Cc1ccc(C(Br)c2cc(F)c(F)cc2F)c(Br)c1. The number of aryl methyl sites for hydroxylation is 1. The molecule has 0 aromatic heterocycles. The van der Waals surface area contributed by atoms with Gasteiger partial charge in [-0.1, -0.05) is 44.0 Å². The highest BCUT2D eigenvalue weighted by molar-refractivity contribution is 9.11. The smallest absolute Gasteiger partial charge is 0.161 e. The van der Waals surface area contributed by atoms with Crippen LogP contribution in [-0.4, -0.2) is 0 Å². The molecule has 0 radical (unpaired) electrons. The normalized spacial score (nSPS) is 12.5. The maximum atomic E-state index is 13.7. The van der Waals surface area contributed by atoms with Crippen LogP contribution in [0.5, 0.6) is 0 Å². The van der Waals surface area contributed by atoms with Gasteiger partial charge in [-0.3, -0.25) is 0 Å². The average molecular weight is 394 g/mol. The number of rotatable bonds is 2. The summed E-state index contributed by atoms with van der Waals surface area (Å²) in [4.78, 5) is -0.558. The van der Waals surface area contributed by atoms with E-state index in [0.717, 1.165) is 21.7 Å². The summed E-state index contributed by atoms with van der Waals surface area (Å²) >= 11 is 6.70. The molecule has 0 spiro atoms. The van der Waals surface area contributed by atoms with E-state index in [0.29, 0.717) is 6.07 Å². The number of hydrogen-bond acceptors (Lipinski definition) is 0. The van der Waals surface area contributed by atoms with Crippen molar-refractivity contribution in [3.63, 3.8) is 0 Å². The van der Waals surface area contributed by atoms with Gasteiger partial charge in [0.1, 0.15) is 5.82 Å².